The van der Waals surface area contributed by atoms with Gasteiger partial charge in [-0.1, -0.05) is 18.2 Å². The molecule has 114 valence electrons. The molecule has 22 heavy (non-hydrogen) atoms. The minimum atomic E-state index is 0.111. The quantitative estimate of drug-likeness (QED) is 0.747. The predicted molar refractivity (Wildman–Crippen MR) is 99.3 cm³/mol. The summed E-state index contributed by atoms with van der Waals surface area (Å²) < 4.78 is 1.31. The summed E-state index contributed by atoms with van der Waals surface area (Å²) >= 11 is 2.39. The minimum absolute atomic E-state index is 0.111. The van der Waals surface area contributed by atoms with Gasteiger partial charge in [-0.15, -0.1) is 0 Å². The molecule has 1 aliphatic heterocycles. The Morgan fingerprint density at radius 2 is 2.05 bits per heavy atom. The Bertz CT molecular complexity index is 699. The van der Waals surface area contributed by atoms with Crippen LogP contribution in [0.5, 0.6) is 0 Å². The summed E-state index contributed by atoms with van der Waals surface area (Å²) in [6.07, 6.45) is 2.39. The fourth-order valence-electron chi connectivity index (χ4n) is 2.80. The molecule has 2 N–H and O–H groups in total. The van der Waals surface area contributed by atoms with Crippen LogP contribution in [0.1, 0.15) is 24.5 Å². The zero-order valence-corrected chi connectivity index (χ0v) is 14.7. The normalized spacial score (nSPS) is 14.9. The summed E-state index contributed by atoms with van der Waals surface area (Å²) in [4.78, 5) is 11.4. The molecule has 0 radical (unpaired) electrons. The van der Waals surface area contributed by atoms with E-state index in [0.29, 0.717) is 12.5 Å². The van der Waals surface area contributed by atoms with E-state index in [1.807, 2.05) is 12.1 Å². The molecule has 0 bridgehead atoms. The lowest BCUT2D eigenvalue weighted by Crippen LogP contribution is -2.21. The lowest BCUT2D eigenvalue weighted by Gasteiger charge is -2.20. The molecule has 3 nitrogen and oxygen atoms in total. The molecule has 1 heterocycles. The van der Waals surface area contributed by atoms with Crippen LogP contribution in [0.3, 0.4) is 0 Å². The Balaban J connectivity index is 1.68. The summed E-state index contributed by atoms with van der Waals surface area (Å²) in [7, 11) is 0. The van der Waals surface area contributed by atoms with Crippen molar-refractivity contribution in [3.8, 4) is 0 Å². The van der Waals surface area contributed by atoms with Crippen molar-refractivity contribution >= 4 is 39.9 Å². The number of anilines is 2. The van der Waals surface area contributed by atoms with Gasteiger partial charge in [-0.2, -0.15) is 0 Å². The third kappa shape index (κ3) is 3.61. The molecule has 0 spiro atoms. The number of fused-ring (bicyclic) bond motifs is 1. The highest BCUT2D eigenvalue weighted by Crippen LogP contribution is 2.26. The molecule has 0 saturated carbocycles. The van der Waals surface area contributed by atoms with E-state index in [1.165, 1.54) is 14.7 Å². The molecule has 2 aromatic carbocycles. The molecule has 1 aliphatic rings. The largest absolute Gasteiger partial charge is 0.382 e. The second kappa shape index (κ2) is 6.69. The first-order valence-electron chi connectivity index (χ1n) is 7.54. The van der Waals surface area contributed by atoms with Crippen molar-refractivity contribution in [2.75, 3.05) is 10.6 Å². The van der Waals surface area contributed by atoms with E-state index in [4.69, 9.17) is 0 Å². The highest BCUT2D eigenvalue weighted by Gasteiger charge is 2.15. The van der Waals surface area contributed by atoms with Gasteiger partial charge in [-0.25, -0.2) is 0 Å². The second-order valence-corrected chi connectivity index (χ2v) is 6.92. The topological polar surface area (TPSA) is 41.1 Å². The van der Waals surface area contributed by atoms with Crippen molar-refractivity contribution in [1.29, 1.82) is 0 Å². The van der Waals surface area contributed by atoms with Gasteiger partial charge in [0.25, 0.3) is 0 Å². The van der Waals surface area contributed by atoms with E-state index in [0.717, 1.165) is 24.2 Å². The maximum Gasteiger partial charge on any atom is 0.224 e. The van der Waals surface area contributed by atoms with E-state index < -0.39 is 0 Å². The van der Waals surface area contributed by atoms with Gasteiger partial charge in [0.2, 0.25) is 5.91 Å². The van der Waals surface area contributed by atoms with Gasteiger partial charge < -0.3 is 10.6 Å². The minimum Gasteiger partial charge on any atom is -0.382 e. The van der Waals surface area contributed by atoms with E-state index in [1.54, 1.807) is 0 Å². The van der Waals surface area contributed by atoms with Crippen molar-refractivity contribution in [1.82, 2.24) is 0 Å². The number of carbonyl (C=O) groups is 1. The van der Waals surface area contributed by atoms with Gasteiger partial charge in [0.1, 0.15) is 0 Å². The molecule has 2 aromatic rings. The van der Waals surface area contributed by atoms with Crippen molar-refractivity contribution in [2.45, 2.75) is 32.2 Å². The second-order valence-electron chi connectivity index (χ2n) is 5.76. The lowest BCUT2D eigenvalue weighted by atomic mass is 10.0. The van der Waals surface area contributed by atoms with Gasteiger partial charge in [0.15, 0.2) is 0 Å². The number of carbonyl (C=O) groups excluding carboxylic acids is 1. The fraction of sp³-hybridized carbons (Fsp3) is 0.278. The van der Waals surface area contributed by atoms with E-state index >= 15 is 0 Å². The standard InChI is InChI=1S/C18H19IN2O/c1-12(10-13-4-2-3-5-16(13)19)20-15-7-8-17-14(11-15)6-9-18(22)21-17/h2-5,7-8,11-12,20H,6,9-10H2,1H3,(H,21,22). The van der Waals surface area contributed by atoms with E-state index in [-0.39, 0.29) is 5.91 Å². The van der Waals surface area contributed by atoms with Crippen LogP contribution >= 0.6 is 22.6 Å². The predicted octanol–water partition coefficient (Wildman–Crippen LogP) is 4.22. The van der Waals surface area contributed by atoms with Gasteiger partial charge in [0.05, 0.1) is 0 Å². The molecule has 1 atom stereocenters. The summed E-state index contributed by atoms with van der Waals surface area (Å²) in [5.41, 5.74) is 4.65. The average Bonchev–Trinajstić information content (AvgIpc) is 2.50. The summed E-state index contributed by atoms with van der Waals surface area (Å²) in [5, 5.41) is 6.48. The zero-order chi connectivity index (χ0) is 15.5. The lowest BCUT2D eigenvalue weighted by molar-refractivity contribution is -0.116. The molecular formula is C18H19IN2O. The number of rotatable bonds is 4. The Labute approximate surface area is 144 Å². The number of hydrogen-bond donors (Lipinski definition) is 2. The molecule has 1 unspecified atom stereocenters. The van der Waals surface area contributed by atoms with Crippen molar-refractivity contribution in [3.63, 3.8) is 0 Å². The van der Waals surface area contributed by atoms with Crippen molar-refractivity contribution < 1.29 is 4.79 Å². The van der Waals surface area contributed by atoms with Crippen LogP contribution < -0.4 is 10.6 Å². The number of nitrogens with one attached hydrogen (secondary N) is 2. The Morgan fingerprint density at radius 1 is 1.23 bits per heavy atom. The van der Waals surface area contributed by atoms with Gasteiger partial charge in [-0.3, -0.25) is 4.79 Å². The van der Waals surface area contributed by atoms with Gasteiger partial charge >= 0.3 is 0 Å². The van der Waals surface area contributed by atoms with Crippen LogP contribution in [-0.4, -0.2) is 11.9 Å². The van der Waals surface area contributed by atoms with Gasteiger partial charge in [0, 0.05) is 27.4 Å². The smallest absolute Gasteiger partial charge is 0.224 e. The first kappa shape index (κ1) is 15.3. The summed E-state index contributed by atoms with van der Waals surface area (Å²) in [6, 6.07) is 15.0. The maximum absolute atomic E-state index is 11.4. The van der Waals surface area contributed by atoms with Crippen LogP contribution in [-0.2, 0) is 17.6 Å². The fourth-order valence-corrected chi connectivity index (χ4v) is 3.41. The number of aryl methyl sites for hydroxylation is 1. The van der Waals surface area contributed by atoms with Gasteiger partial charge in [-0.05, 0) is 77.7 Å². The number of hydrogen-bond acceptors (Lipinski definition) is 2. The van der Waals surface area contributed by atoms with Crippen LogP contribution in [0.25, 0.3) is 0 Å². The van der Waals surface area contributed by atoms with Crippen LogP contribution in [0.4, 0.5) is 11.4 Å². The Hall–Kier alpha value is -1.56. The van der Waals surface area contributed by atoms with Crippen molar-refractivity contribution in [3.05, 3.63) is 57.2 Å². The molecule has 3 rings (SSSR count). The highest BCUT2D eigenvalue weighted by molar-refractivity contribution is 14.1. The molecular weight excluding hydrogens is 387 g/mol. The summed E-state index contributed by atoms with van der Waals surface area (Å²) in [5.74, 6) is 0.111. The molecule has 0 saturated heterocycles. The van der Waals surface area contributed by atoms with E-state index in [2.05, 4.69) is 70.5 Å². The number of halogens is 1. The Morgan fingerprint density at radius 3 is 2.86 bits per heavy atom. The van der Waals surface area contributed by atoms with E-state index in [9.17, 15) is 4.79 Å². The monoisotopic (exact) mass is 406 g/mol. The zero-order valence-electron chi connectivity index (χ0n) is 12.5. The first-order valence-corrected chi connectivity index (χ1v) is 8.62. The number of amides is 1. The van der Waals surface area contributed by atoms with Crippen LogP contribution in [0.2, 0.25) is 0 Å². The highest BCUT2D eigenvalue weighted by atomic mass is 127. The third-order valence-corrected chi connectivity index (χ3v) is 4.95. The SMILES string of the molecule is CC(Cc1ccccc1I)Nc1ccc2c(c1)CCC(=O)N2. The Kier molecular flexibility index (Phi) is 4.66. The molecule has 0 fully saturated rings. The van der Waals surface area contributed by atoms with Crippen LogP contribution in [0.15, 0.2) is 42.5 Å². The molecule has 4 heteroatoms. The molecule has 1 amide bonds. The summed E-state index contributed by atoms with van der Waals surface area (Å²) in [6.45, 7) is 2.20. The average molecular weight is 406 g/mol. The third-order valence-electron chi connectivity index (χ3n) is 3.90. The van der Waals surface area contributed by atoms with Crippen LogP contribution in [0, 0.1) is 3.57 Å². The molecule has 0 aliphatic carbocycles. The molecule has 0 aromatic heterocycles. The first-order chi connectivity index (χ1) is 10.6. The maximum atomic E-state index is 11.4. The van der Waals surface area contributed by atoms with Crippen molar-refractivity contribution in [2.24, 2.45) is 0 Å². The number of benzene rings is 2.